The minimum absolute atomic E-state index is 0.506. The number of aliphatic hydroxyl groups excluding tert-OH is 1. The smallest absolute Gasteiger partial charge is 0.141 e. The molecule has 1 fully saturated rings. The third kappa shape index (κ3) is 2.65. The highest BCUT2D eigenvalue weighted by Gasteiger charge is 2.21. The van der Waals surface area contributed by atoms with Crippen molar-refractivity contribution in [2.45, 2.75) is 25.0 Å². The van der Waals surface area contributed by atoms with Crippen LogP contribution in [-0.4, -0.2) is 24.8 Å². The van der Waals surface area contributed by atoms with E-state index < -0.39 is 6.10 Å². The Morgan fingerprint density at radius 2 is 2.31 bits per heavy atom. The Hall–Kier alpha value is -1.26. The molecule has 1 aliphatic rings. The standard InChI is InChI=1S/C12H18N2O2/c1-16-12-5-2-8(6-10(12)13)11(15)7-14-9-3-4-9/h2,5-6,9,11,14-15H,3-4,7,13H2,1H3. The number of benzene rings is 1. The molecule has 1 aromatic rings. The second-order valence-electron chi connectivity index (χ2n) is 4.20. The van der Waals surface area contributed by atoms with Crippen molar-refractivity contribution in [1.29, 1.82) is 0 Å². The van der Waals surface area contributed by atoms with Crippen LogP contribution in [0.3, 0.4) is 0 Å². The Morgan fingerprint density at radius 3 is 2.88 bits per heavy atom. The van der Waals surface area contributed by atoms with E-state index in [2.05, 4.69) is 5.32 Å². The van der Waals surface area contributed by atoms with Crippen LogP contribution in [0, 0.1) is 0 Å². The molecule has 4 N–H and O–H groups in total. The van der Waals surface area contributed by atoms with Gasteiger partial charge in [-0.15, -0.1) is 0 Å². The second kappa shape index (κ2) is 4.72. The number of nitrogens with two attached hydrogens (primary N) is 1. The first kappa shape index (κ1) is 11.2. The van der Waals surface area contributed by atoms with Crippen molar-refractivity contribution in [1.82, 2.24) is 5.32 Å². The number of rotatable bonds is 5. The number of anilines is 1. The lowest BCUT2D eigenvalue weighted by atomic mass is 10.1. The van der Waals surface area contributed by atoms with Crippen LogP contribution >= 0.6 is 0 Å². The molecule has 1 atom stereocenters. The summed E-state index contributed by atoms with van der Waals surface area (Å²) < 4.78 is 5.07. The van der Waals surface area contributed by atoms with Crippen molar-refractivity contribution in [3.63, 3.8) is 0 Å². The molecule has 0 amide bonds. The van der Waals surface area contributed by atoms with Crippen LogP contribution in [0.25, 0.3) is 0 Å². The molecule has 2 rings (SSSR count). The van der Waals surface area contributed by atoms with Crippen molar-refractivity contribution >= 4 is 5.69 Å². The molecule has 1 saturated carbocycles. The van der Waals surface area contributed by atoms with E-state index >= 15 is 0 Å². The van der Waals surface area contributed by atoms with Gasteiger partial charge in [-0.05, 0) is 30.5 Å². The van der Waals surface area contributed by atoms with Crippen LogP contribution in [0.4, 0.5) is 5.69 Å². The monoisotopic (exact) mass is 222 g/mol. The van der Waals surface area contributed by atoms with Crippen molar-refractivity contribution in [3.05, 3.63) is 23.8 Å². The van der Waals surface area contributed by atoms with Crippen LogP contribution in [-0.2, 0) is 0 Å². The number of aliphatic hydroxyl groups is 1. The molecular weight excluding hydrogens is 204 g/mol. The molecule has 1 aliphatic carbocycles. The number of hydrogen-bond donors (Lipinski definition) is 3. The summed E-state index contributed by atoms with van der Waals surface area (Å²) in [5.74, 6) is 0.645. The van der Waals surface area contributed by atoms with E-state index in [0.717, 1.165) is 5.56 Å². The van der Waals surface area contributed by atoms with Crippen molar-refractivity contribution in [2.75, 3.05) is 19.4 Å². The molecule has 16 heavy (non-hydrogen) atoms. The van der Waals surface area contributed by atoms with Crippen molar-refractivity contribution in [2.24, 2.45) is 0 Å². The highest BCUT2D eigenvalue weighted by atomic mass is 16.5. The summed E-state index contributed by atoms with van der Waals surface area (Å²) in [6.45, 7) is 0.580. The van der Waals surface area contributed by atoms with E-state index in [4.69, 9.17) is 10.5 Å². The van der Waals surface area contributed by atoms with Gasteiger partial charge in [0.25, 0.3) is 0 Å². The predicted molar refractivity (Wildman–Crippen MR) is 63.4 cm³/mol. The first-order valence-electron chi connectivity index (χ1n) is 5.55. The SMILES string of the molecule is COc1ccc(C(O)CNC2CC2)cc1N. The van der Waals surface area contributed by atoms with Gasteiger partial charge < -0.3 is 20.9 Å². The Balaban J connectivity index is 1.98. The topological polar surface area (TPSA) is 67.5 Å². The molecule has 0 heterocycles. The second-order valence-corrected chi connectivity index (χ2v) is 4.20. The molecule has 0 radical (unpaired) electrons. The van der Waals surface area contributed by atoms with Gasteiger partial charge in [-0.1, -0.05) is 6.07 Å². The highest BCUT2D eigenvalue weighted by molar-refractivity contribution is 5.54. The minimum atomic E-state index is -0.506. The van der Waals surface area contributed by atoms with Gasteiger partial charge in [0.1, 0.15) is 5.75 Å². The summed E-state index contributed by atoms with van der Waals surface area (Å²) in [5, 5.41) is 13.2. The lowest BCUT2D eigenvalue weighted by Gasteiger charge is -2.13. The zero-order valence-electron chi connectivity index (χ0n) is 9.44. The third-order valence-electron chi connectivity index (χ3n) is 2.82. The minimum Gasteiger partial charge on any atom is -0.495 e. The maximum absolute atomic E-state index is 9.93. The number of ether oxygens (including phenoxy) is 1. The van der Waals surface area contributed by atoms with E-state index in [9.17, 15) is 5.11 Å². The normalized spacial score (nSPS) is 17.1. The van der Waals surface area contributed by atoms with E-state index in [1.54, 1.807) is 19.2 Å². The fraction of sp³-hybridized carbons (Fsp3) is 0.500. The summed E-state index contributed by atoms with van der Waals surface area (Å²) in [7, 11) is 1.58. The van der Waals surface area contributed by atoms with Crippen molar-refractivity contribution in [3.8, 4) is 5.75 Å². The molecule has 1 unspecified atom stereocenters. The molecule has 0 aromatic heterocycles. The van der Waals surface area contributed by atoms with Gasteiger partial charge in [0.2, 0.25) is 0 Å². The molecule has 0 aliphatic heterocycles. The van der Waals surface area contributed by atoms with E-state index in [0.29, 0.717) is 24.0 Å². The van der Waals surface area contributed by atoms with Gasteiger partial charge in [-0.3, -0.25) is 0 Å². The molecule has 88 valence electrons. The average molecular weight is 222 g/mol. The predicted octanol–water partition coefficient (Wildman–Crippen LogP) is 1.06. The van der Waals surface area contributed by atoms with Crippen LogP contribution in [0.5, 0.6) is 5.75 Å². The first-order chi connectivity index (χ1) is 7.70. The zero-order chi connectivity index (χ0) is 11.5. The largest absolute Gasteiger partial charge is 0.495 e. The summed E-state index contributed by atoms with van der Waals surface area (Å²) in [6.07, 6.45) is 1.93. The number of hydrogen-bond acceptors (Lipinski definition) is 4. The number of nitrogen functional groups attached to an aromatic ring is 1. The van der Waals surface area contributed by atoms with Gasteiger partial charge >= 0.3 is 0 Å². The molecule has 4 nitrogen and oxygen atoms in total. The highest BCUT2D eigenvalue weighted by Crippen LogP contribution is 2.26. The van der Waals surface area contributed by atoms with Crippen LogP contribution < -0.4 is 15.8 Å². The Kier molecular flexibility index (Phi) is 3.31. The lowest BCUT2D eigenvalue weighted by Crippen LogP contribution is -2.23. The van der Waals surface area contributed by atoms with Gasteiger partial charge in [-0.25, -0.2) is 0 Å². The van der Waals surface area contributed by atoms with Crippen LogP contribution in [0.2, 0.25) is 0 Å². The maximum Gasteiger partial charge on any atom is 0.141 e. The van der Waals surface area contributed by atoms with Gasteiger partial charge in [0.05, 0.1) is 18.9 Å². The average Bonchev–Trinajstić information content (AvgIpc) is 3.09. The molecule has 0 bridgehead atoms. The molecule has 4 heteroatoms. The van der Waals surface area contributed by atoms with Crippen LogP contribution in [0.15, 0.2) is 18.2 Å². The summed E-state index contributed by atoms with van der Waals surface area (Å²) in [6, 6.07) is 5.99. The summed E-state index contributed by atoms with van der Waals surface area (Å²) in [4.78, 5) is 0. The number of methoxy groups -OCH3 is 1. The van der Waals surface area contributed by atoms with Gasteiger partial charge in [0, 0.05) is 12.6 Å². The van der Waals surface area contributed by atoms with Gasteiger partial charge in [-0.2, -0.15) is 0 Å². The molecule has 0 saturated heterocycles. The van der Waals surface area contributed by atoms with E-state index in [1.807, 2.05) is 6.07 Å². The first-order valence-corrected chi connectivity index (χ1v) is 5.55. The number of nitrogens with one attached hydrogen (secondary N) is 1. The molecular formula is C12H18N2O2. The fourth-order valence-corrected chi connectivity index (χ4v) is 1.64. The Bertz CT molecular complexity index is 364. The fourth-order valence-electron chi connectivity index (χ4n) is 1.64. The van der Waals surface area contributed by atoms with Gasteiger partial charge in [0.15, 0.2) is 0 Å². The molecule has 1 aromatic carbocycles. The zero-order valence-corrected chi connectivity index (χ0v) is 9.44. The molecule has 0 spiro atoms. The third-order valence-corrected chi connectivity index (χ3v) is 2.82. The summed E-state index contributed by atoms with van der Waals surface area (Å²) in [5.41, 5.74) is 7.17. The Morgan fingerprint density at radius 1 is 1.56 bits per heavy atom. The quantitative estimate of drug-likeness (QED) is 0.652. The lowest BCUT2D eigenvalue weighted by molar-refractivity contribution is 0.174. The van der Waals surface area contributed by atoms with E-state index in [-0.39, 0.29) is 0 Å². The summed E-state index contributed by atoms with van der Waals surface area (Å²) >= 11 is 0. The van der Waals surface area contributed by atoms with Crippen LogP contribution in [0.1, 0.15) is 24.5 Å². The Labute approximate surface area is 95.4 Å². The maximum atomic E-state index is 9.93. The van der Waals surface area contributed by atoms with Crippen molar-refractivity contribution < 1.29 is 9.84 Å². The van der Waals surface area contributed by atoms with E-state index in [1.165, 1.54) is 12.8 Å².